The Labute approximate surface area is 125 Å². The number of rotatable bonds is 5. The number of carboxylic acids is 1. The first-order chi connectivity index (χ1) is 9.27. The molecule has 0 radical (unpaired) electrons. The van der Waals surface area contributed by atoms with E-state index in [-0.39, 0.29) is 21.4 Å². The number of ether oxygens (including phenoxy) is 1. The summed E-state index contributed by atoms with van der Waals surface area (Å²) < 4.78 is 4.94. The van der Waals surface area contributed by atoms with Gasteiger partial charge < -0.3 is 20.3 Å². The van der Waals surface area contributed by atoms with E-state index in [2.05, 4.69) is 5.32 Å². The molecule has 0 aliphatic rings. The number of benzene rings is 1. The zero-order chi connectivity index (χ0) is 15.4. The Morgan fingerprint density at radius 1 is 1.30 bits per heavy atom. The average Bonchev–Trinajstić information content (AvgIpc) is 2.34. The lowest BCUT2D eigenvalue weighted by Gasteiger charge is -2.17. The molecule has 0 spiro atoms. The zero-order valence-electron chi connectivity index (χ0n) is 10.7. The van der Waals surface area contributed by atoms with Crippen molar-refractivity contribution in [1.82, 2.24) is 5.32 Å². The van der Waals surface area contributed by atoms with Crippen molar-refractivity contribution < 1.29 is 24.5 Å². The van der Waals surface area contributed by atoms with Gasteiger partial charge >= 0.3 is 5.97 Å². The number of nitrogens with one attached hydrogen (secondary N) is 1. The van der Waals surface area contributed by atoms with Crippen LogP contribution in [0.4, 0.5) is 0 Å². The predicted molar refractivity (Wildman–Crippen MR) is 73.6 cm³/mol. The summed E-state index contributed by atoms with van der Waals surface area (Å²) in [7, 11) is 1.38. The quantitative estimate of drug-likeness (QED) is 0.765. The lowest BCUT2D eigenvalue weighted by molar-refractivity contribution is -0.141. The normalized spacial score (nSPS) is 13.4. The third-order valence-electron chi connectivity index (χ3n) is 2.50. The molecule has 0 heterocycles. The van der Waals surface area contributed by atoms with E-state index in [0.29, 0.717) is 0 Å². The molecule has 2 atom stereocenters. The summed E-state index contributed by atoms with van der Waals surface area (Å²) in [5.41, 5.74) is 0.0627. The van der Waals surface area contributed by atoms with Gasteiger partial charge in [0, 0.05) is 5.56 Å². The molecular weight excluding hydrogens is 309 g/mol. The number of carbonyl (C=O) groups is 2. The number of carbonyl (C=O) groups excluding carboxylic acids is 1. The van der Waals surface area contributed by atoms with Gasteiger partial charge in [0.2, 0.25) is 0 Å². The second-order valence-electron chi connectivity index (χ2n) is 4.00. The summed E-state index contributed by atoms with van der Waals surface area (Å²) in [6.45, 7) is 1.26. The number of hydrogen-bond donors (Lipinski definition) is 3. The van der Waals surface area contributed by atoms with Gasteiger partial charge in [-0.1, -0.05) is 23.2 Å². The molecule has 1 rings (SSSR count). The van der Waals surface area contributed by atoms with Crippen LogP contribution in [0.5, 0.6) is 5.75 Å². The van der Waals surface area contributed by atoms with Crippen molar-refractivity contribution in [3.8, 4) is 5.75 Å². The molecule has 0 fully saturated rings. The minimum Gasteiger partial charge on any atom is -0.494 e. The molecule has 0 aliphatic heterocycles. The highest BCUT2D eigenvalue weighted by Gasteiger charge is 2.26. The fraction of sp³-hybridized carbons (Fsp3) is 0.333. The largest absolute Gasteiger partial charge is 0.494 e. The second-order valence-corrected chi connectivity index (χ2v) is 4.82. The molecule has 8 heteroatoms. The van der Waals surface area contributed by atoms with E-state index in [4.69, 9.17) is 33.0 Å². The van der Waals surface area contributed by atoms with Gasteiger partial charge in [0.25, 0.3) is 5.91 Å². The highest BCUT2D eigenvalue weighted by atomic mass is 35.5. The molecule has 110 valence electrons. The minimum atomic E-state index is -1.43. The number of aliphatic carboxylic acids is 1. The SMILES string of the molecule is COc1c(Cl)cc(C(=O)NC(C(=O)O)C(C)O)cc1Cl. The Morgan fingerprint density at radius 3 is 2.15 bits per heavy atom. The van der Waals surface area contributed by atoms with Crippen molar-refractivity contribution in [2.24, 2.45) is 0 Å². The molecule has 6 nitrogen and oxygen atoms in total. The van der Waals surface area contributed by atoms with Crippen LogP contribution in [0.1, 0.15) is 17.3 Å². The summed E-state index contributed by atoms with van der Waals surface area (Å²) in [6.07, 6.45) is -1.25. The number of hydrogen-bond acceptors (Lipinski definition) is 4. The topological polar surface area (TPSA) is 95.9 Å². The average molecular weight is 322 g/mol. The highest BCUT2D eigenvalue weighted by molar-refractivity contribution is 6.37. The number of halogens is 2. The van der Waals surface area contributed by atoms with Crippen LogP contribution in [0.25, 0.3) is 0 Å². The first-order valence-electron chi connectivity index (χ1n) is 5.52. The van der Waals surface area contributed by atoms with E-state index >= 15 is 0 Å². The molecule has 2 unspecified atom stereocenters. The second kappa shape index (κ2) is 6.78. The maximum absolute atomic E-state index is 11.9. The number of methoxy groups -OCH3 is 1. The lowest BCUT2D eigenvalue weighted by atomic mass is 10.1. The van der Waals surface area contributed by atoms with Crippen molar-refractivity contribution in [3.63, 3.8) is 0 Å². The van der Waals surface area contributed by atoms with E-state index < -0.39 is 24.0 Å². The molecule has 0 aromatic heterocycles. The van der Waals surface area contributed by atoms with Crippen molar-refractivity contribution >= 4 is 35.1 Å². The summed E-state index contributed by atoms with van der Waals surface area (Å²) in [4.78, 5) is 22.8. The molecule has 20 heavy (non-hydrogen) atoms. The number of aliphatic hydroxyl groups is 1. The van der Waals surface area contributed by atoms with E-state index in [9.17, 15) is 14.7 Å². The molecule has 0 saturated carbocycles. The van der Waals surface area contributed by atoms with Gasteiger partial charge in [-0.3, -0.25) is 4.79 Å². The number of carboxylic acid groups (broad SMARTS) is 1. The first-order valence-corrected chi connectivity index (χ1v) is 6.28. The number of amides is 1. The Balaban J connectivity index is 3.01. The van der Waals surface area contributed by atoms with Crippen LogP contribution >= 0.6 is 23.2 Å². The molecule has 0 aliphatic carbocycles. The molecular formula is C12H13Cl2NO5. The third-order valence-corrected chi connectivity index (χ3v) is 3.06. The van der Waals surface area contributed by atoms with Crippen molar-refractivity contribution in [3.05, 3.63) is 27.7 Å². The van der Waals surface area contributed by atoms with Crippen LogP contribution in [0.15, 0.2) is 12.1 Å². The molecule has 3 N–H and O–H groups in total. The van der Waals surface area contributed by atoms with Crippen LogP contribution in [0, 0.1) is 0 Å². The van der Waals surface area contributed by atoms with Gasteiger partial charge in [-0.2, -0.15) is 0 Å². The fourth-order valence-electron chi connectivity index (χ4n) is 1.50. The van der Waals surface area contributed by atoms with E-state index in [1.165, 1.54) is 26.2 Å². The van der Waals surface area contributed by atoms with Crippen LogP contribution in [0.3, 0.4) is 0 Å². The van der Waals surface area contributed by atoms with Crippen molar-refractivity contribution in [2.45, 2.75) is 19.1 Å². The number of aliphatic hydroxyl groups excluding tert-OH is 1. The van der Waals surface area contributed by atoms with Crippen LogP contribution < -0.4 is 10.1 Å². The van der Waals surface area contributed by atoms with Crippen LogP contribution in [-0.2, 0) is 4.79 Å². The van der Waals surface area contributed by atoms with Gasteiger partial charge in [0.15, 0.2) is 11.8 Å². The third kappa shape index (κ3) is 3.75. The van der Waals surface area contributed by atoms with E-state index in [1.807, 2.05) is 0 Å². The Kier molecular flexibility index (Phi) is 5.62. The van der Waals surface area contributed by atoms with Crippen LogP contribution in [0.2, 0.25) is 10.0 Å². The standard InChI is InChI=1S/C12H13Cl2NO5/c1-5(16)9(12(18)19)15-11(17)6-3-7(13)10(20-2)8(14)4-6/h3-5,9,16H,1-2H3,(H,15,17)(H,18,19). The molecule has 1 aromatic carbocycles. The smallest absolute Gasteiger partial charge is 0.328 e. The van der Waals surface area contributed by atoms with E-state index in [0.717, 1.165) is 0 Å². The molecule has 0 saturated heterocycles. The Hall–Kier alpha value is -1.50. The summed E-state index contributed by atoms with van der Waals surface area (Å²) >= 11 is 11.8. The maximum atomic E-state index is 11.9. The first kappa shape index (κ1) is 16.6. The van der Waals surface area contributed by atoms with Gasteiger partial charge in [0.05, 0.1) is 23.3 Å². The summed E-state index contributed by atoms with van der Waals surface area (Å²) in [5.74, 6) is -1.85. The lowest BCUT2D eigenvalue weighted by Crippen LogP contribution is -2.47. The van der Waals surface area contributed by atoms with Crippen LogP contribution in [-0.4, -0.2) is 41.3 Å². The zero-order valence-corrected chi connectivity index (χ0v) is 12.2. The van der Waals surface area contributed by atoms with Gasteiger partial charge in [-0.05, 0) is 19.1 Å². The maximum Gasteiger partial charge on any atom is 0.328 e. The fourth-order valence-corrected chi connectivity index (χ4v) is 2.14. The predicted octanol–water partition coefficient (Wildman–Crippen LogP) is 1.57. The molecule has 0 bridgehead atoms. The van der Waals surface area contributed by atoms with E-state index in [1.54, 1.807) is 0 Å². The monoisotopic (exact) mass is 321 g/mol. The Bertz CT molecular complexity index is 510. The molecule has 1 aromatic rings. The van der Waals surface area contributed by atoms with Gasteiger partial charge in [0.1, 0.15) is 0 Å². The molecule has 1 amide bonds. The van der Waals surface area contributed by atoms with Gasteiger partial charge in [-0.15, -0.1) is 0 Å². The summed E-state index contributed by atoms with van der Waals surface area (Å²) in [6, 6.07) is 1.16. The Morgan fingerprint density at radius 2 is 1.80 bits per heavy atom. The van der Waals surface area contributed by atoms with Crippen molar-refractivity contribution in [1.29, 1.82) is 0 Å². The summed E-state index contributed by atoms with van der Waals surface area (Å²) in [5, 5.41) is 20.6. The van der Waals surface area contributed by atoms with Crippen molar-refractivity contribution in [2.75, 3.05) is 7.11 Å². The van der Waals surface area contributed by atoms with Gasteiger partial charge in [-0.25, -0.2) is 4.79 Å². The highest BCUT2D eigenvalue weighted by Crippen LogP contribution is 2.33. The minimum absolute atomic E-state index is 0.0627.